The minimum atomic E-state index is 0.122. The maximum Gasteiger partial charge on any atom is 0.0632 e. The van der Waals surface area contributed by atoms with Crippen LogP contribution in [0.3, 0.4) is 0 Å². The molecule has 1 atom stereocenters. The molecule has 0 radical (unpaired) electrons. The Labute approximate surface area is 92.8 Å². The predicted molar refractivity (Wildman–Crippen MR) is 59.3 cm³/mol. The Morgan fingerprint density at radius 2 is 2.21 bits per heavy atom. The largest absolute Gasteiger partial charge is 0.394 e. The molecule has 1 aliphatic heterocycles. The van der Waals surface area contributed by atoms with Gasteiger partial charge in [0.25, 0.3) is 0 Å². The average Bonchev–Trinajstić information content (AvgIpc) is 2.16. The van der Waals surface area contributed by atoms with Gasteiger partial charge in [-0.1, -0.05) is 23.2 Å². The van der Waals surface area contributed by atoms with E-state index in [0.29, 0.717) is 10.0 Å². The Morgan fingerprint density at radius 3 is 2.93 bits per heavy atom. The van der Waals surface area contributed by atoms with Gasteiger partial charge in [0.2, 0.25) is 0 Å². The highest BCUT2D eigenvalue weighted by Crippen LogP contribution is 2.33. The third-order valence-electron chi connectivity index (χ3n) is 2.48. The molecule has 0 spiro atoms. The molecule has 1 aliphatic rings. The van der Waals surface area contributed by atoms with Crippen molar-refractivity contribution in [1.82, 2.24) is 0 Å². The van der Waals surface area contributed by atoms with E-state index in [2.05, 4.69) is 5.32 Å². The summed E-state index contributed by atoms with van der Waals surface area (Å²) < 4.78 is 0. The van der Waals surface area contributed by atoms with Gasteiger partial charge in [-0.15, -0.1) is 0 Å². The molecule has 4 heteroatoms. The van der Waals surface area contributed by atoms with Crippen molar-refractivity contribution in [2.45, 2.75) is 18.9 Å². The zero-order chi connectivity index (χ0) is 10.1. The Morgan fingerprint density at radius 1 is 1.43 bits per heavy atom. The van der Waals surface area contributed by atoms with Crippen molar-refractivity contribution >= 4 is 28.9 Å². The van der Waals surface area contributed by atoms with E-state index in [4.69, 9.17) is 28.3 Å². The molecule has 0 fully saturated rings. The zero-order valence-electron chi connectivity index (χ0n) is 7.56. The van der Waals surface area contributed by atoms with Gasteiger partial charge >= 0.3 is 0 Å². The normalized spacial score (nSPS) is 20.1. The second kappa shape index (κ2) is 3.97. The SMILES string of the molecule is OCC1CCc2c(Cl)cc(Cl)cc2N1. The van der Waals surface area contributed by atoms with Crippen LogP contribution in [-0.2, 0) is 6.42 Å². The molecule has 1 aromatic rings. The Balaban J connectivity index is 2.37. The number of hydrogen-bond acceptors (Lipinski definition) is 2. The number of aliphatic hydroxyl groups is 1. The van der Waals surface area contributed by atoms with Crippen LogP contribution >= 0.6 is 23.2 Å². The first kappa shape index (κ1) is 10.1. The molecule has 1 unspecified atom stereocenters. The van der Waals surface area contributed by atoms with Gasteiger partial charge in [0.05, 0.1) is 6.61 Å². The summed E-state index contributed by atoms with van der Waals surface area (Å²) in [5, 5.41) is 13.6. The maximum absolute atomic E-state index is 9.03. The van der Waals surface area contributed by atoms with E-state index < -0.39 is 0 Å². The van der Waals surface area contributed by atoms with E-state index >= 15 is 0 Å². The van der Waals surface area contributed by atoms with Gasteiger partial charge in [0, 0.05) is 21.8 Å². The average molecular weight is 232 g/mol. The number of hydrogen-bond donors (Lipinski definition) is 2. The molecule has 0 aromatic heterocycles. The summed E-state index contributed by atoms with van der Waals surface area (Å²) in [7, 11) is 0. The highest BCUT2D eigenvalue weighted by molar-refractivity contribution is 6.35. The van der Waals surface area contributed by atoms with Crippen LogP contribution < -0.4 is 5.32 Å². The fraction of sp³-hybridized carbons (Fsp3) is 0.400. The van der Waals surface area contributed by atoms with Gasteiger partial charge in [0.15, 0.2) is 0 Å². The second-order valence-electron chi connectivity index (χ2n) is 3.48. The Hall–Kier alpha value is -0.440. The van der Waals surface area contributed by atoms with Crippen LogP contribution in [0.1, 0.15) is 12.0 Å². The minimum absolute atomic E-state index is 0.122. The number of nitrogens with one attached hydrogen (secondary N) is 1. The number of halogens is 2. The van der Waals surface area contributed by atoms with E-state index in [1.807, 2.05) is 6.07 Å². The van der Waals surface area contributed by atoms with Gasteiger partial charge < -0.3 is 10.4 Å². The lowest BCUT2D eigenvalue weighted by Gasteiger charge is -2.26. The van der Waals surface area contributed by atoms with Crippen LogP contribution in [0.4, 0.5) is 5.69 Å². The molecular weight excluding hydrogens is 221 g/mol. The molecule has 0 aliphatic carbocycles. The van der Waals surface area contributed by atoms with Crippen LogP contribution in [-0.4, -0.2) is 17.8 Å². The fourth-order valence-electron chi connectivity index (χ4n) is 1.73. The standard InChI is InChI=1S/C10H11Cl2NO/c11-6-3-9(12)8-2-1-7(5-14)13-10(8)4-6/h3-4,7,13-14H,1-2,5H2. The first-order valence-corrected chi connectivity index (χ1v) is 5.31. The zero-order valence-corrected chi connectivity index (χ0v) is 9.07. The molecule has 0 bridgehead atoms. The molecule has 0 amide bonds. The summed E-state index contributed by atoms with van der Waals surface area (Å²) >= 11 is 11.9. The molecule has 0 saturated heterocycles. The van der Waals surface area contributed by atoms with Gasteiger partial charge in [-0.2, -0.15) is 0 Å². The molecular formula is C10H11Cl2NO. The molecule has 1 heterocycles. The molecule has 76 valence electrons. The van der Waals surface area contributed by atoms with Crippen LogP contribution in [0.5, 0.6) is 0 Å². The molecule has 2 N–H and O–H groups in total. The summed E-state index contributed by atoms with van der Waals surface area (Å²) in [5.41, 5.74) is 2.05. The number of anilines is 1. The van der Waals surface area contributed by atoms with Crippen molar-refractivity contribution in [3.63, 3.8) is 0 Å². The highest BCUT2D eigenvalue weighted by atomic mass is 35.5. The fourth-order valence-corrected chi connectivity index (χ4v) is 2.32. The summed E-state index contributed by atoms with van der Waals surface area (Å²) in [4.78, 5) is 0. The van der Waals surface area contributed by atoms with Crippen molar-refractivity contribution in [1.29, 1.82) is 0 Å². The van der Waals surface area contributed by atoms with Crippen molar-refractivity contribution < 1.29 is 5.11 Å². The van der Waals surface area contributed by atoms with Gasteiger partial charge in [-0.3, -0.25) is 0 Å². The summed E-state index contributed by atoms with van der Waals surface area (Å²) in [5.74, 6) is 0. The second-order valence-corrected chi connectivity index (χ2v) is 4.32. The number of rotatable bonds is 1. The lowest BCUT2D eigenvalue weighted by Crippen LogP contribution is -2.28. The number of benzene rings is 1. The summed E-state index contributed by atoms with van der Waals surface area (Å²) in [6.07, 6.45) is 1.80. The topological polar surface area (TPSA) is 32.3 Å². The lowest BCUT2D eigenvalue weighted by atomic mass is 9.98. The van der Waals surface area contributed by atoms with Gasteiger partial charge in [0.1, 0.15) is 0 Å². The van der Waals surface area contributed by atoms with Gasteiger partial charge in [-0.25, -0.2) is 0 Å². The highest BCUT2D eigenvalue weighted by Gasteiger charge is 2.19. The van der Waals surface area contributed by atoms with Crippen molar-refractivity contribution in [2.24, 2.45) is 0 Å². The summed E-state index contributed by atoms with van der Waals surface area (Å²) in [6.45, 7) is 0.142. The lowest BCUT2D eigenvalue weighted by molar-refractivity contribution is 0.267. The molecule has 0 saturated carbocycles. The number of aliphatic hydroxyl groups excluding tert-OH is 1. The third kappa shape index (κ3) is 1.83. The van der Waals surface area contributed by atoms with Crippen molar-refractivity contribution in [3.8, 4) is 0 Å². The quantitative estimate of drug-likeness (QED) is 0.780. The Bertz CT molecular complexity index is 354. The van der Waals surface area contributed by atoms with Crippen LogP contribution in [0, 0.1) is 0 Å². The van der Waals surface area contributed by atoms with E-state index in [-0.39, 0.29) is 12.6 Å². The molecule has 1 aromatic carbocycles. The van der Waals surface area contributed by atoms with Crippen molar-refractivity contribution in [3.05, 3.63) is 27.7 Å². The molecule has 2 nitrogen and oxygen atoms in total. The van der Waals surface area contributed by atoms with Crippen LogP contribution in [0.25, 0.3) is 0 Å². The van der Waals surface area contributed by atoms with E-state index in [9.17, 15) is 0 Å². The Kier molecular flexibility index (Phi) is 2.86. The monoisotopic (exact) mass is 231 g/mol. The van der Waals surface area contributed by atoms with E-state index in [1.165, 1.54) is 0 Å². The van der Waals surface area contributed by atoms with Crippen LogP contribution in [0.2, 0.25) is 10.0 Å². The summed E-state index contributed by atoms with van der Waals surface area (Å²) in [6, 6.07) is 3.73. The van der Waals surface area contributed by atoms with Crippen LogP contribution in [0.15, 0.2) is 12.1 Å². The molecule has 2 rings (SSSR count). The minimum Gasteiger partial charge on any atom is -0.394 e. The third-order valence-corrected chi connectivity index (χ3v) is 3.04. The van der Waals surface area contributed by atoms with Crippen molar-refractivity contribution in [2.75, 3.05) is 11.9 Å². The first-order valence-electron chi connectivity index (χ1n) is 4.56. The predicted octanol–water partition coefficient (Wildman–Crippen LogP) is 2.71. The smallest absolute Gasteiger partial charge is 0.0632 e. The van der Waals surface area contributed by atoms with E-state index in [1.54, 1.807) is 6.07 Å². The molecule has 14 heavy (non-hydrogen) atoms. The van der Waals surface area contributed by atoms with E-state index in [0.717, 1.165) is 24.1 Å². The van der Waals surface area contributed by atoms with Gasteiger partial charge in [-0.05, 0) is 30.5 Å². The number of fused-ring (bicyclic) bond motifs is 1. The maximum atomic E-state index is 9.03. The first-order chi connectivity index (χ1) is 6.70.